The van der Waals surface area contributed by atoms with Gasteiger partial charge in [-0.25, -0.2) is 8.42 Å². The number of carbonyl (C=O) groups is 1. The first kappa shape index (κ1) is 24.7. The number of sulfonamides is 1. The average Bonchev–Trinajstić information content (AvgIpc) is 2.73. The van der Waals surface area contributed by atoms with Crippen molar-refractivity contribution in [2.24, 2.45) is 0 Å². The van der Waals surface area contributed by atoms with Crippen LogP contribution in [0, 0.1) is 0 Å². The normalized spacial score (nSPS) is 10.9. The first-order valence-corrected chi connectivity index (χ1v) is 11.6. The smallest absolute Gasteiger partial charge is 0.257 e. The average molecular weight is 524 g/mol. The number of ether oxygens (including phenoxy) is 1. The van der Waals surface area contributed by atoms with E-state index in [2.05, 4.69) is 39.7 Å². The standard InChI is InChI=1S/C21H22BrN3O4S2/c1-4-12-25(13-5-2)31(27,28)17-9-7-16(8-10-17)23-21(30)24-20(26)15-6-11-19(29-3)18(22)14-15/h4-11,14H,1-2,12-13H2,3H3,(H2,23,24,26,30). The molecule has 0 aliphatic rings. The van der Waals surface area contributed by atoms with Crippen LogP contribution in [0.2, 0.25) is 0 Å². The number of nitrogens with one attached hydrogen (secondary N) is 2. The number of rotatable bonds is 9. The summed E-state index contributed by atoms with van der Waals surface area (Å²) in [5.41, 5.74) is 0.918. The zero-order valence-corrected chi connectivity index (χ0v) is 20.0. The maximum atomic E-state index is 12.7. The topological polar surface area (TPSA) is 87.7 Å². The van der Waals surface area contributed by atoms with Gasteiger partial charge in [-0.05, 0) is 70.6 Å². The Morgan fingerprint density at radius 1 is 1.16 bits per heavy atom. The highest BCUT2D eigenvalue weighted by atomic mass is 79.9. The number of thiocarbonyl (C=S) groups is 1. The lowest BCUT2D eigenvalue weighted by Gasteiger charge is -2.19. The van der Waals surface area contributed by atoms with E-state index in [1.54, 1.807) is 30.3 Å². The van der Waals surface area contributed by atoms with Gasteiger partial charge in [-0.15, -0.1) is 13.2 Å². The molecule has 0 atom stereocenters. The number of hydrogen-bond acceptors (Lipinski definition) is 5. The highest BCUT2D eigenvalue weighted by Crippen LogP contribution is 2.25. The number of hydrogen-bond donors (Lipinski definition) is 2. The molecule has 2 aromatic rings. The molecule has 0 fully saturated rings. The quantitative estimate of drug-likeness (QED) is 0.382. The molecule has 0 heterocycles. The molecular formula is C21H22BrN3O4S2. The Morgan fingerprint density at radius 3 is 2.29 bits per heavy atom. The summed E-state index contributed by atoms with van der Waals surface area (Å²) < 4.78 is 32.5. The Balaban J connectivity index is 2.06. The maximum Gasteiger partial charge on any atom is 0.257 e. The third kappa shape index (κ3) is 6.47. The summed E-state index contributed by atoms with van der Waals surface area (Å²) in [6.07, 6.45) is 3.03. The molecule has 7 nitrogen and oxygen atoms in total. The number of halogens is 1. The Morgan fingerprint density at radius 2 is 1.77 bits per heavy atom. The van der Waals surface area contributed by atoms with Crippen LogP contribution in [-0.4, -0.2) is 43.9 Å². The number of anilines is 1. The van der Waals surface area contributed by atoms with E-state index in [1.165, 1.54) is 35.7 Å². The highest BCUT2D eigenvalue weighted by molar-refractivity contribution is 9.10. The minimum Gasteiger partial charge on any atom is -0.496 e. The predicted molar refractivity (Wildman–Crippen MR) is 130 cm³/mol. The molecule has 10 heteroatoms. The lowest BCUT2D eigenvalue weighted by atomic mass is 10.2. The summed E-state index contributed by atoms with van der Waals surface area (Å²) in [7, 11) is -2.16. The Bertz CT molecular complexity index is 1080. The van der Waals surface area contributed by atoms with Crippen LogP contribution in [0.5, 0.6) is 5.75 Å². The van der Waals surface area contributed by atoms with Gasteiger partial charge in [0.1, 0.15) is 5.75 Å². The first-order chi connectivity index (χ1) is 14.7. The van der Waals surface area contributed by atoms with Crippen LogP contribution in [0.3, 0.4) is 0 Å². The molecule has 31 heavy (non-hydrogen) atoms. The molecule has 0 aromatic heterocycles. The van der Waals surface area contributed by atoms with Crippen molar-refractivity contribution in [3.05, 3.63) is 77.8 Å². The van der Waals surface area contributed by atoms with Crippen molar-refractivity contribution in [1.29, 1.82) is 0 Å². The molecule has 0 bridgehead atoms. The lowest BCUT2D eigenvalue weighted by molar-refractivity contribution is 0.0977. The summed E-state index contributed by atoms with van der Waals surface area (Å²) in [5, 5.41) is 5.51. The fourth-order valence-electron chi connectivity index (χ4n) is 2.56. The molecule has 0 aliphatic heterocycles. The van der Waals surface area contributed by atoms with Gasteiger partial charge in [-0.1, -0.05) is 12.2 Å². The second-order valence-corrected chi connectivity index (χ2v) is 9.38. The largest absolute Gasteiger partial charge is 0.496 e. The van der Waals surface area contributed by atoms with E-state index in [-0.39, 0.29) is 23.1 Å². The van der Waals surface area contributed by atoms with Gasteiger partial charge in [-0.2, -0.15) is 4.31 Å². The predicted octanol–water partition coefficient (Wildman–Crippen LogP) is 3.95. The van der Waals surface area contributed by atoms with Crippen LogP contribution in [0.15, 0.2) is 77.1 Å². The molecule has 2 aromatic carbocycles. The van der Waals surface area contributed by atoms with E-state index in [4.69, 9.17) is 17.0 Å². The van der Waals surface area contributed by atoms with Crippen molar-refractivity contribution in [2.75, 3.05) is 25.5 Å². The van der Waals surface area contributed by atoms with Gasteiger partial charge in [0.05, 0.1) is 16.5 Å². The molecule has 0 aliphatic carbocycles. The van der Waals surface area contributed by atoms with Crippen molar-refractivity contribution in [1.82, 2.24) is 9.62 Å². The number of benzene rings is 2. The highest BCUT2D eigenvalue weighted by Gasteiger charge is 2.22. The number of nitrogens with zero attached hydrogens (tertiary/aromatic N) is 1. The third-order valence-corrected chi connectivity index (χ3v) is 6.73. The summed E-state index contributed by atoms with van der Waals surface area (Å²) in [6, 6.07) is 10.9. The Kier molecular flexibility index (Phi) is 8.93. The van der Waals surface area contributed by atoms with Crippen LogP contribution < -0.4 is 15.4 Å². The zero-order valence-electron chi connectivity index (χ0n) is 16.8. The van der Waals surface area contributed by atoms with Gasteiger partial charge in [0, 0.05) is 24.3 Å². The Hall–Kier alpha value is -2.53. The molecule has 2 N–H and O–H groups in total. The van der Waals surface area contributed by atoms with E-state index in [9.17, 15) is 13.2 Å². The number of carbonyl (C=O) groups excluding carboxylic acids is 1. The summed E-state index contributed by atoms with van der Waals surface area (Å²) in [5.74, 6) is 0.205. The second-order valence-electron chi connectivity index (χ2n) is 6.18. The summed E-state index contributed by atoms with van der Waals surface area (Å²) in [4.78, 5) is 12.5. The minimum absolute atomic E-state index is 0.0764. The van der Waals surface area contributed by atoms with Crippen molar-refractivity contribution in [2.45, 2.75) is 4.90 Å². The summed E-state index contributed by atoms with van der Waals surface area (Å²) in [6.45, 7) is 7.52. The van der Waals surface area contributed by atoms with E-state index < -0.39 is 15.9 Å². The van der Waals surface area contributed by atoms with Gasteiger partial charge < -0.3 is 10.1 Å². The van der Waals surface area contributed by atoms with Crippen molar-refractivity contribution < 1.29 is 17.9 Å². The maximum absolute atomic E-state index is 12.7. The van der Waals surface area contributed by atoms with Crippen LogP contribution >= 0.6 is 28.1 Å². The molecular weight excluding hydrogens is 502 g/mol. The Labute approximate surface area is 196 Å². The van der Waals surface area contributed by atoms with Gasteiger partial charge in [-0.3, -0.25) is 10.1 Å². The van der Waals surface area contributed by atoms with Crippen LogP contribution in [0.4, 0.5) is 5.69 Å². The molecule has 0 radical (unpaired) electrons. The van der Waals surface area contributed by atoms with Crippen LogP contribution in [-0.2, 0) is 10.0 Å². The van der Waals surface area contributed by atoms with Gasteiger partial charge >= 0.3 is 0 Å². The molecule has 164 valence electrons. The molecule has 1 amide bonds. The van der Waals surface area contributed by atoms with Crippen LogP contribution in [0.1, 0.15) is 10.4 Å². The number of amides is 1. The fraction of sp³-hybridized carbons (Fsp3) is 0.143. The van der Waals surface area contributed by atoms with Crippen LogP contribution in [0.25, 0.3) is 0 Å². The van der Waals surface area contributed by atoms with E-state index >= 15 is 0 Å². The van der Waals surface area contributed by atoms with Gasteiger partial charge in [0.25, 0.3) is 5.91 Å². The molecule has 0 saturated carbocycles. The van der Waals surface area contributed by atoms with Crippen molar-refractivity contribution in [3.63, 3.8) is 0 Å². The van der Waals surface area contributed by atoms with Crippen molar-refractivity contribution in [3.8, 4) is 5.75 Å². The number of methoxy groups -OCH3 is 1. The monoisotopic (exact) mass is 523 g/mol. The minimum atomic E-state index is -3.69. The molecule has 2 rings (SSSR count). The molecule has 0 saturated heterocycles. The molecule has 0 unspecified atom stereocenters. The molecule has 0 spiro atoms. The third-order valence-electron chi connectivity index (χ3n) is 4.06. The second kappa shape index (κ2) is 11.2. The lowest BCUT2D eigenvalue weighted by Crippen LogP contribution is -2.34. The van der Waals surface area contributed by atoms with E-state index in [1.807, 2.05) is 0 Å². The summed E-state index contributed by atoms with van der Waals surface area (Å²) >= 11 is 8.51. The van der Waals surface area contributed by atoms with E-state index in [0.29, 0.717) is 21.5 Å². The zero-order chi connectivity index (χ0) is 23.0. The van der Waals surface area contributed by atoms with Crippen molar-refractivity contribution >= 4 is 54.9 Å². The SMILES string of the molecule is C=CCN(CC=C)S(=O)(=O)c1ccc(NC(=S)NC(=O)c2ccc(OC)c(Br)c2)cc1. The first-order valence-electron chi connectivity index (χ1n) is 9.00. The fourth-order valence-corrected chi connectivity index (χ4v) is 4.70. The van der Waals surface area contributed by atoms with Gasteiger partial charge in [0.15, 0.2) is 5.11 Å². The van der Waals surface area contributed by atoms with E-state index in [0.717, 1.165) is 0 Å². The van der Waals surface area contributed by atoms with Gasteiger partial charge in [0.2, 0.25) is 10.0 Å².